The molecule has 0 fully saturated rings. The van der Waals surface area contributed by atoms with E-state index in [1.54, 1.807) is 29.4 Å². The Labute approximate surface area is 207 Å². The minimum absolute atomic E-state index is 0.0295. The molecule has 0 aliphatic heterocycles. The van der Waals surface area contributed by atoms with Gasteiger partial charge in [-0.3, -0.25) is 29.4 Å². The summed E-state index contributed by atoms with van der Waals surface area (Å²) in [5.41, 5.74) is 4.55. The van der Waals surface area contributed by atoms with Crippen LogP contribution in [0.3, 0.4) is 0 Å². The molecule has 10 heteroatoms. The van der Waals surface area contributed by atoms with E-state index in [4.69, 9.17) is 4.98 Å². The average Bonchev–Trinajstić information content (AvgIpc) is 3.60. The Morgan fingerprint density at radius 2 is 1.81 bits per heavy atom. The highest BCUT2D eigenvalue weighted by Gasteiger charge is 2.24. The van der Waals surface area contributed by atoms with Crippen LogP contribution in [-0.2, 0) is 0 Å². The first-order valence-corrected chi connectivity index (χ1v) is 12.3. The van der Waals surface area contributed by atoms with Crippen molar-refractivity contribution >= 4 is 81.7 Å². The van der Waals surface area contributed by atoms with Crippen LogP contribution >= 0.6 is 11.3 Å². The van der Waals surface area contributed by atoms with Gasteiger partial charge in [0.2, 0.25) is 5.91 Å². The minimum Gasteiger partial charge on any atom is -0.335 e. The maximum atomic E-state index is 13.7. The summed E-state index contributed by atoms with van der Waals surface area (Å²) in [6.45, 7) is 5.76. The molecule has 0 unspecified atom stereocenters. The fourth-order valence-corrected chi connectivity index (χ4v) is 5.48. The van der Waals surface area contributed by atoms with Crippen molar-refractivity contribution in [2.45, 2.75) is 20.8 Å². The summed E-state index contributed by atoms with van der Waals surface area (Å²) in [4.78, 5) is 36.4. The number of carbonyl (C=O) groups excluding carboxylic acids is 1. The second kappa shape index (κ2) is 7.28. The summed E-state index contributed by atoms with van der Waals surface area (Å²) in [6, 6.07) is 7.90. The van der Waals surface area contributed by atoms with Crippen molar-refractivity contribution in [3.05, 3.63) is 55.2 Å². The number of thiophene rings is 1. The second-order valence-electron chi connectivity index (χ2n) is 9.82. The molecule has 2 N–H and O–H groups in total. The molecule has 36 heavy (non-hydrogen) atoms. The maximum absolute atomic E-state index is 13.7. The molecule has 176 valence electrons. The molecule has 0 amide bonds. The van der Waals surface area contributed by atoms with Crippen LogP contribution in [0.15, 0.2) is 55.2 Å². The molecule has 8 bridgehead atoms. The smallest absolute Gasteiger partial charge is 0.237 e. The van der Waals surface area contributed by atoms with Gasteiger partial charge in [-0.25, -0.2) is 4.98 Å². The topological polar surface area (TPSA) is 118 Å². The van der Waals surface area contributed by atoms with Gasteiger partial charge in [0.25, 0.3) is 0 Å². The third kappa shape index (κ3) is 3.07. The third-order valence-electron chi connectivity index (χ3n) is 6.27. The van der Waals surface area contributed by atoms with Crippen LogP contribution in [0, 0.1) is 5.41 Å². The summed E-state index contributed by atoms with van der Waals surface area (Å²) in [7, 11) is 0. The lowest BCUT2D eigenvalue weighted by atomic mass is 9.95. The van der Waals surface area contributed by atoms with E-state index in [-0.39, 0.29) is 5.91 Å². The van der Waals surface area contributed by atoms with E-state index in [2.05, 4.69) is 30.1 Å². The lowest BCUT2D eigenvalue weighted by Crippen LogP contribution is -2.26. The highest BCUT2D eigenvalue weighted by molar-refractivity contribution is 7.24. The van der Waals surface area contributed by atoms with Crippen molar-refractivity contribution in [2.24, 2.45) is 5.41 Å². The normalized spacial score (nSPS) is 12.4. The molecule has 0 radical (unpaired) electrons. The third-order valence-corrected chi connectivity index (χ3v) is 7.37. The predicted molar refractivity (Wildman–Crippen MR) is 143 cm³/mol. The number of hydrogen-bond donors (Lipinski definition) is 2. The van der Waals surface area contributed by atoms with Crippen LogP contribution in [0.1, 0.15) is 25.6 Å². The number of H-pyrrole nitrogens is 2. The van der Waals surface area contributed by atoms with Crippen LogP contribution in [0.5, 0.6) is 0 Å². The standard InChI is InChI=1S/C26H20N8OS/c1-26(2,3)25(35)34-14-6-13(8-27-9-14)17-7-15-18(12-29-17)32-33-23(15)24-30-19-11-28-10-16(22(19)31-24)20-4-5-21(34)36-20/h4-12H,1-3H3,(H,30,31)(H,32,33). The van der Waals surface area contributed by atoms with Gasteiger partial charge >= 0.3 is 0 Å². The number of carbonyl (C=O) groups is 1. The number of nitrogens with one attached hydrogen (secondary N) is 2. The number of pyridine rings is 3. The van der Waals surface area contributed by atoms with Crippen LogP contribution in [0.4, 0.5) is 0 Å². The zero-order chi connectivity index (χ0) is 24.6. The molecule has 7 rings (SSSR count). The van der Waals surface area contributed by atoms with Gasteiger partial charge < -0.3 is 4.98 Å². The van der Waals surface area contributed by atoms with Crippen LogP contribution in [0.2, 0.25) is 0 Å². The molecule has 0 atom stereocenters. The van der Waals surface area contributed by atoms with Gasteiger partial charge in [0.15, 0.2) is 5.65 Å². The number of nitrogens with zero attached hydrogens (tertiary/aromatic N) is 6. The summed E-state index contributed by atoms with van der Waals surface area (Å²) < 4.78 is 2.71. The quantitative estimate of drug-likeness (QED) is 0.272. The van der Waals surface area contributed by atoms with E-state index in [9.17, 15) is 4.79 Å². The monoisotopic (exact) mass is 492 g/mol. The van der Waals surface area contributed by atoms with Gasteiger partial charge in [-0.2, -0.15) is 5.10 Å². The Morgan fingerprint density at radius 3 is 2.67 bits per heavy atom. The van der Waals surface area contributed by atoms with E-state index in [0.29, 0.717) is 16.7 Å². The number of hydrogen-bond acceptors (Lipinski definition) is 7. The first-order chi connectivity index (χ1) is 17.4. The molecule has 7 heterocycles. The maximum Gasteiger partial charge on any atom is 0.237 e. The lowest BCUT2D eigenvalue weighted by Gasteiger charge is -2.19. The van der Waals surface area contributed by atoms with E-state index in [1.165, 1.54) is 11.3 Å². The Balaban J connectivity index is 1.77. The summed E-state index contributed by atoms with van der Waals surface area (Å²) in [5, 5.41) is 10.2. The van der Waals surface area contributed by atoms with Crippen molar-refractivity contribution in [1.82, 2.24) is 39.7 Å². The van der Waals surface area contributed by atoms with Gasteiger partial charge in [-0.1, -0.05) is 20.8 Å². The number of rotatable bonds is 0. The van der Waals surface area contributed by atoms with Gasteiger partial charge in [0, 0.05) is 38.7 Å². The minimum atomic E-state index is -0.607. The molecule has 9 nitrogen and oxygen atoms in total. The first-order valence-electron chi connectivity index (χ1n) is 11.5. The Kier molecular flexibility index (Phi) is 4.23. The second-order valence-corrected chi connectivity index (χ2v) is 10.9. The largest absolute Gasteiger partial charge is 0.335 e. The van der Waals surface area contributed by atoms with Crippen molar-refractivity contribution in [2.75, 3.05) is 0 Å². The average molecular weight is 493 g/mol. The van der Waals surface area contributed by atoms with E-state index in [1.807, 2.05) is 51.2 Å². The Bertz CT molecular complexity index is 2070. The summed E-state index contributed by atoms with van der Waals surface area (Å²) in [6.07, 6.45) is 8.80. The van der Waals surface area contributed by atoms with Gasteiger partial charge in [0.1, 0.15) is 15.9 Å². The van der Waals surface area contributed by atoms with Gasteiger partial charge in [0.05, 0.1) is 40.7 Å². The molecule has 0 aliphatic rings. The highest BCUT2D eigenvalue weighted by Crippen LogP contribution is 2.31. The van der Waals surface area contributed by atoms with Crippen molar-refractivity contribution in [3.63, 3.8) is 0 Å². The lowest BCUT2D eigenvalue weighted by molar-refractivity contribution is 0.0778. The van der Waals surface area contributed by atoms with Crippen molar-refractivity contribution in [1.29, 1.82) is 0 Å². The van der Waals surface area contributed by atoms with Crippen molar-refractivity contribution < 1.29 is 4.79 Å². The summed E-state index contributed by atoms with van der Waals surface area (Å²) in [5.74, 6) is -0.0295. The molecular formula is C26H20N8OS. The molecule has 0 spiro atoms. The fourth-order valence-electron chi connectivity index (χ4n) is 4.44. The first kappa shape index (κ1) is 20.9. The zero-order valence-electron chi connectivity index (χ0n) is 19.7. The van der Waals surface area contributed by atoms with Gasteiger partial charge in [-0.05, 0) is 24.3 Å². The van der Waals surface area contributed by atoms with Crippen LogP contribution in [-0.4, -0.2) is 45.6 Å². The van der Waals surface area contributed by atoms with E-state index < -0.39 is 5.41 Å². The van der Waals surface area contributed by atoms with E-state index in [0.717, 1.165) is 47.8 Å². The molecule has 0 aromatic carbocycles. The highest BCUT2D eigenvalue weighted by atomic mass is 32.1. The number of imidazole rings is 1. The number of aromatic amines is 2. The Hall–Kier alpha value is -4.44. The SMILES string of the molecule is CC(C)(C)C(=O)n1c2cncc(c2)c2cc3c(cn2)[nH]nc3c2nc3c(cncc3c3ccc1s3)[nH]2. The molecular weight excluding hydrogens is 472 g/mol. The Morgan fingerprint density at radius 1 is 0.944 bits per heavy atom. The molecule has 7 aromatic heterocycles. The zero-order valence-corrected chi connectivity index (χ0v) is 20.5. The fraction of sp³-hybridized carbons (Fsp3) is 0.154. The van der Waals surface area contributed by atoms with Crippen LogP contribution < -0.4 is 0 Å². The molecule has 0 saturated carbocycles. The molecule has 0 aliphatic carbocycles. The molecule has 7 aromatic rings. The van der Waals surface area contributed by atoms with E-state index >= 15 is 0 Å². The predicted octanol–water partition coefficient (Wildman–Crippen LogP) is 5.91. The van der Waals surface area contributed by atoms with Crippen LogP contribution in [0.25, 0.3) is 64.4 Å². The number of aromatic nitrogens is 8. The number of fused-ring (bicyclic) bond motifs is 9. The summed E-state index contributed by atoms with van der Waals surface area (Å²) >= 11 is 1.52. The van der Waals surface area contributed by atoms with Gasteiger partial charge in [-0.15, -0.1) is 11.3 Å². The molecule has 0 saturated heterocycles. The van der Waals surface area contributed by atoms with Crippen molar-refractivity contribution in [3.8, 4) is 0 Å².